The second kappa shape index (κ2) is 4.20. The number of aromatic nitrogens is 1. The van der Waals surface area contributed by atoms with Crippen LogP contribution in [0.2, 0.25) is 0 Å². The van der Waals surface area contributed by atoms with Crippen LogP contribution in [0.5, 0.6) is 0 Å². The molecule has 0 aliphatic heterocycles. The summed E-state index contributed by atoms with van der Waals surface area (Å²) in [6, 6.07) is 0. The number of pyridine rings is 1. The molecule has 0 amide bonds. The van der Waals surface area contributed by atoms with Gasteiger partial charge in [0.05, 0.1) is 12.8 Å². The van der Waals surface area contributed by atoms with E-state index in [-0.39, 0.29) is 11.1 Å². The Balaban J connectivity index is 3.34. The number of aromatic amines is 1. The van der Waals surface area contributed by atoms with E-state index in [1.165, 1.54) is 6.92 Å². The molecule has 0 bridgehead atoms. The van der Waals surface area contributed by atoms with E-state index in [0.717, 1.165) is 13.3 Å². The summed E-state index contributed by atoms with van der Waals surface area (Å²) in [6.07, 6.45) is -1.84. The largest absolute Gasteiger partial charge is 0.465 e. The van der Waals surface area contributed by atoms with Gasteiger partial charge in [-0.2, -0.15) is 0 Å². The number of nitrogens with one attached hydrogen (secondary N) is 1. The second-order valence-electron chi connectivity index (χ2n) is 2.86. The number of methoxy groups -OCH3 is 1. The number of hydrogen-bond acceptors (Lipinski definition) is 3. The quantitative estimate of drug-likeness (QED) is 0.762. The molecule has 0 fully saturated rings. The van der Waals surface area contributed by atoms with Crippen LogP contribution < -0.4 is 5.43 Å². The van der Waals surface area contributed by atoms with Gasteiger partial charge in [0.2, 0.25) is 0 Å². The van der Waals surface area contributed by atoms with Crippen molar-refractivity contribution in [1.82, 2.24) is 4.98 Å². The molecule has 0 atom stereocenters. The Bertz CT molecular complexity index is 439. The fourth-order valence-corrected chi connectivity index (χ4v) is 1.14. The number of carbonyl (C=O) groups is 1. The minimum atomic E-state index is -2.77. The highest BCUT2D eigenvalue weighted by molar-refractivity contribution is 5.89. The molecule has 0 aliphatic carbocycles. The van der Waals surface area contributed by atoms with Crippen LogP contribution >= 0.6 is 0 Å². The Kier molecular flexibility index (Phi) is 3.18. The Morgan fingerprint density at radius 2 is 2.13 bits per heavy atom. The van der Waals surface area contributed by atoms with Crippen molar-refractivity contribution >= 4 is 5.97 Å². The molecule has 1 heterocycles. The van der Waals surface area contributed by atoms with E-state index in [2.05, 4.69) is 9.72 Å². The van der Waals surface area contributed by atoms with Crippen LogP contribution in [0, 0.1) is 6.92 Å². The van der Waals surface area contributed by atoms with Gasteiger partial charge in [0, 0.05) is 11.8 Å². The van der Waals surface area contributed by atoms with Gasteiger partial charge in [0.15, 0.2) is 5.43 Å². The summed E-state index contributed by atoms with van der Waals surface area (Å²) in [6.45, 7) is 1.23. The lowest BCUT2D eigenvalue weighted by atomic mass is 10.1. The van der Waals surface area contributed by atoms with Crippen LogP contribution in [0.1, 0.15) is 28.0 Å². The fraction of sp³-hybridized carbons (Fsp3) is 0.333. The molecule has 0 radical (unpaired) electrons. The van der Waals surface area contributed by atoms with Crippen molar-refractivity contribution in [2.75, 3.05) is 7.11 Å². The molecule has 1 aromatic rings. The highest BCUT2D eigenvalue weighted by Gasteiger charge is 2.18. The molecule has 0 saturated carbocycles. The molecule has 4 nitrogen and oxygen atoms in total. The van der Waals surface area contributed by atoms with Crippen molar-refractivity contribution in [3.8, 4) is 0 Å². The molecular weight excluding hydrogens is 208 g/mol. The van der Waals surface area contributed by atoms with Gasteiger partial charge in [-0.15, -0.1) is 0 Å². The molecule has 0 aliphatic rings. The van der Waals surface area contributed by atoms with E-state index >= 15 is 0 Å². The van der Waals surface area contributed by atoms with Gasteiger partial charge < -0.3 is 9.72 Å². The number of rotatable bonds is 2. The first-order valence-corrected chi connectivity index (χ1v) is 4.07. The molecule has 0 unspecified atom stereocenters. The Hall–Kier alpha value is -1.72. The van der Waals surface area contributed by atoms with Gasteiger partial charge in [-0.3, -0.25) is 4.79 Å². The molecule has 1 rings (SSSR count). The summed E-state index contributed by atoms with van der Waals surface area (Å²) >= 11 is 0. The zero-order valence-corrected chi connectivity index (χ0v) is 8.14. The Morgan fingerprint density at radius 1 is 1.53 bits per heavy atom. The average molecular weight is 217 g/mol. The van der Waals surface area contributed by atoms with Crippen LogP contribution in [0.15, 0.2) is 11.0 Å². The lowest BCUT2D eigenvalue weighted by Crippen LogP contribution is -2.21. The zero-order valence-electron chi connectivity index (χ0n) is 8.14. The molecule has 6 heteroatoms. The number of H-pyrrole nitrogens is 1. The minimum absolute atomic E-state index is 0.173. The zero-order chi connectivity index (χ0) is 11.6. The molecule has 0 spiro atoms. The maximum Gasteiger partial charge on any atom is 0.343 e. The standard InChI is InChI=1S/C9H9F2NO3/c1-4-6(8(10)11)12-3-5(7(4)13)9(14)15-2/h3,8H,1-2H3,(H,12,13). The highest BCUT2D eigenvalue weighted by atomic mass is 19.3. The predicted octanol–water partition coefficient (Wildman–Crippen LogP) is 1.41. The van der Waals surface area contributed by atoms with Crippen molar-refractivity contribution in [1.29, 1.82) is 0 Å². The molecule has 0 saturated heterocycles. The third-order valence-corrected chi connectivity index (χ3v) is 1.98. The van der Waals surface area contributed by atoms with Gasteiger partial charge in [0.25, 0.3) is 6.43 Å². The number of alkyl halides is 2. The summed E-state index contributed by atoms with van der Waals surface area (Å²) in [4.78, 5) is 24.7. The van der Waals surface area contributed by atoms with Gasteiger partial charge >= 0.3 is 5.97 Å². The van der Waals surface area contributed by atoms with Crippen LogP contribution in [-0.4, -0.2) is 18.1 Å². The predicted molar refractivity (Wildman–Crippen MR) is 48.1 cm³/mol. The van der Waals surface area contributed by atoms with Gasteiger partial charge in [-0.1, -0.05) is 0 Å². The van der Waals surface area contributed by atoms with Gasteiger partial charge in [-0.05, 0) is 6.92 Å². The summed E-state index contributed by atoms with van der Waals surface area (Å²) < 4.78 is 29.0. The molecule has 1 aromatic heterocycles. The lowest BCUT2D eigenvalue weighted by molar-refractivity contribution is 0.0598. The maximum absolute atomic E-state index is 12.3. The number of ether oxygens (including phenoxy) is 1. The fourth-order valence-electron chi connectivity index (χ4n) is 1.14. The van der Waals surface area contributed by atoms with E-state index in [1.54, 1.807) is 0 Å². The van der Waals surface area contributed by atoms with E-state index < -0.39 is 23.5 Å². The van der Waals surface area contributed by atoms with E-state index in [0.29, 0.717) is 0 Å². The van der Waals surface area contributed by atoms with Crippen molar-refractivity contribution in [2.45, 2.75) is 13.3 Å². The van der Waals surface area contributed by atoms with Crippen molar-refractivity contribution in [2.24, 2.45) is 0 Å². The normalized spacial score (nSPS) is 10.5. The molecule has 1 N–H and O–H groups in total. The first kappa shape index (κ1) is 11.4. The van der Waals surface area contributed by atoms with E-state index in [4.69, 9.17) is 0 Å². The first-order valence-electron chi connectivity index (χ1n) is 4.07. The van der Waals surface area contributed by atoms with Crippen LogP contribution in [0.3, 0.4) is 0 Å². The SMILES string of the molecule is COC(=O)c1c[nH]c(C(F)F)c(C)c1=O. The highest BCUT2D eigenvalue weighted by Crippen LogP contribution is 2.17. The van der Waals surface area contributed by atoms with Crippen molar-refractivity contribution in [3.05, 3.63) is 33.2 Å². The summed E-state index contributed by atoms with van der Waals surface area (Å²) in [7, 11) is 1.11. The molecule has 15 heavy (non-hydrogen) atoms. The van der Waals surface area contributed by atoms with Gasteiger partial charge in [-0.25, -0.2) is 13.6 Å². The minimum Gasteiger partial charge on any atom is -0.465 e. The summed E-state index contributed by atoms with van der Waals surface area (Å²) in [5, 5.41) is 0. The summed E-state index contributed by atoms with van der Waals surface area (Å²) in [5.74, 6) is -0.847. The van der Waals surface area contributed by atoms with Gasteiger partial charge in [0.1, 0.15) is 5.56 Å². The van der Waals surface area contributed by atoms with Crippen LogP contribution in [-0.2, 0) is 4.74 Å². The maximum atomic E-state index is 12.3. The molecule has 0 aromatic carbocycles. The van der Waals surface area contributed by atoms with Crippen molar-refractivity contribution in [3.63, 3.8) is 0 Å². The van der Waals surface area contributed by atoms with Crippen LogP contribution in [0.25, 0.3) is 0 Å². The third-order valence-electron chi connectivity index (χ3n) is 1.98. The monoisotopic (exact) mass is 217 g/mol. The smallest absolute Gasteiger partial charge is 0.343 e. The molecular formula is C9H9F2NO3. The Labute approximate surface area is 83.9 Å². The van der Waals surface area contributed by atoms with E-state index in [1.807, 2.05) is 0 Å². The summed E-state index contributed by atoms with van der Waals surface area (Å²) in [5.41, 5.74) is -1.67. The Morgan fingerprint density at radius 3 is 2.60 bits per heavy atom. The average Bonchev–Trinajstić information content (AvgIpc) is 2.20. The number of carbonyl (C=O) groups excluding carboxylic acids is 1. The second-order valence-corrected chi connectivity index (χ2v) is 2.86. The lowest BCUT2D eigenvalue weighted by Gasteiger charge is -2.05. The van der Waals surface area contributed by atoms with E-state index in [9.17, 15) is 18.4 Å². The third kappa shape index (κ3) is 2.03. The van der Waals surface area contributed by atoms with Crippen molar-refractivity contribution < 1.29 is 18.3 Å². The number of hydrogen-bond donors (Lipinski definition) is 1. The first-order chi connectivity index (χ1) is 6.99. The molecule has 82 valence electrons. The number of halogens is 2. The topological polar surface area (TPSA) is 59.2 Å². The van der Waals surface area contributed by atoms with Crippen LogP contribution in [0.4, 0.5) is 8.78 Å². The number of esters is 1.